The van der Waals surface area contributed by atoms with Gasteiger partial charge in [-0.1, -0.05) is 11.6 Å². The number of benzene rings is 2. The summed E-state index contributed by atoms with van der Waals surface area (Å²) < 4.78 is 5.36. The Hall–Kier alpha value is -3.10. The van der Waals surface area contributed by atoms with E-state index in [1.54, 1.807) is 13.2 Å². The molecular formula is C22H23ClN4O4. The number of nitrogens with zero attached hydrogens (tertiary/aromatic N) is 2. The van der Waals surface area contributed by atoms with E-state index in [9.17, 15) is 14.9 Å². The number of nitro benzene ring substituents is 1. The molecule has 0 unspecified atom stereocenters. The minimum Gasteiger partial charge on any atom is -0.497 e. The van der Waals surface area contributed by atoms with E-state index in [-0.39, 0.29) is 23.2 Å². The van der Waals surface area contributed by atoms with Crippen molar-refractivity contribution < 1.29 is 14.5 Å². The number of aromatic nitrogens is 1. The maximum absolute atomic E-state index is 12.4. The molecule has 1 aromatic heterocycles. The summed E-state index contributed by atoms with van der Waals surface area (Å²) in [7, 11) is 1.67. The van der Waals surface area contributed by atoms with Gasteiger partial charge in [-0.25, -0.2) is 0 Å². The number of piperidine rings is 1. The van der Waals surface area contributed by atoms with Gasteiger partial charge in [0.15, 0.2) is 0 Å². The van der Waals surface area contributed by atoms with Crippen molar-refractivity contribution in [3.63, 3.8) is 0 Å². The van der Waals surface area contributed by atoms with Crippen molar-refractivity contribution in [3.05, 3.63) is 63.3 Å². The molecule has 1 aliphatic rings. The summed E-state index contributed by atoms with van der Waals surface area (Å²) in [4.78, 5) is 28.3. The van der Waals surface area contributed by atoms with E-state index in [1.807, 2.05) is 12.1 Å². The molecule has 1 amide bonds. The van der Waals surface area contributed by atoms with E-state index in [2.05, 4.69) is 27.5 Å². The fourth-order valence-corrected chi connectivity index (χ4v) is 4.31. The minimum absolute atomic E-state index is 0.0416. The molecule has 4 rings (SSSR count). The molecule has 2 aromatic carbocycles. The minimum atomic E-state index is -0.566. The van der Waals surface area contributed by atoms with Gasteiger partial charge in [-0.05, 0) is 67.7 Å². The van der Waals surface area contributed by atoms with Crippen LogP contribution in [0.4, 0.5) is 11.4 Å². The number of hydrogen-bond acceptors (Lipinski definition) is 5. The summed E-state index contributed by atoms with van der Waals surface area (Å²) in [6, 6.07) is 10.3. The molecular weight excluding hydrogens is 420 g/mol. The second kappa shape index (κ2) is 8.95. The number of rotatable bonds is 6. The quantitative estimate of drug-likeness (QED) is 0.430. The van der Waals surface area contributed by atoms with E-state index >= 15 is 0 Å². The van der Waals surface area contributed by atoms with E-state index in [4.69, 9.17) is 16.3 Å². The lowest BCUT2D eigenvalue weighted by Gasteiger charge is -2.31. The third-order valence-corrected chi connectivity index (χ3v) is 6.06. The molecule has 9 heteroatoms. The molecule has 0 spiro atoms. The first-order chi connectivity index (χ1) is 14.9. The average Bonchev–Trinajstić information content (AvgIpc) is 3.18. The number of nitrogens with one attached hydrogen (secondary N) is 2. The second-order valence-corrected chi connectivity index (χ2v) is 8.08. The number of anilines is 1. The van der Waals surface area contributed by atoms with Gasteiger partial charge in [0.25, 0.3) is 5.69 Å². The standard InChI is InChI=1S/C22H23ClN4O4/c1-31-16-3-5-20-17(11-16)18(12-24-20)14-6-8-26(9-7-14)13-22(28)25-15-2-4-19(23)21(10-15)27(29)30/h2-5,10-12,14,24H,6-9,13H2,1H3,(H,25,28). The summed E-state index contributed by atoms with van der Waals surface area (Å²) in [5.41, 5.74) is 2.51. The lowest BCUT2D eigenvalue weighted by molar-refractivity contribution is -0.384. The van der Waals surface area contributed by atoms with Crippen molar-refractivity contribution >= 4 is 39.8 Å². The molecule has 8 nitrogen and oxygen atoms in total. The van der Waals surface area contributed by atoms with E-state index in [0.29, 0.717) is 11.6 Å². The molecule has 0 saturated carbocycles. The van der Waals surface area contributed by atoms with Crippen LogP contribution in [0.5, 0.6) is 5.75 Å². The van der Waals surface area contributed by atoms with Crippen LogP contribution in [-0.4, -0.2) is 47.5 Å². The summed E-state index contributed by atoms with van der Waals surface area (Å²) in [5.74, 6) is 1.05. The van der Waals surface area contributed by atoms with Gasteiger partial charge in [-0.15, -0.1) is 0 Å². The Morgan fingerprint density at radius 3 is 2.77 bits per heavy atom. The summed E-state index contributed by atoms with van der Waals surface area (Å²) >= 11 is 5.82. The highest BCUT2D eigenvalue weighted by molar-refractivity contribution is 6.32. The molecule has 162 valence electrons. The number of halogens is 1. The van der Waals surface area contributed by atoms with Crippen LogP contribution in [0.3, 0.4) is 0 Å². The van der Waals surface area contributed by atoms with Crippen LogP contribution in [0, 0.1) is 10.1 Å². The van der Waals surface area contributed by atoms with Crippen molar-refractivity contribution in [1.29, 1.82) is 0 Å². The van der Waals surface area contributed by atoms with Crippen LogP contribution < -0.4 is 10.1 Å². The molecule has 2 N–H and O–H groups in total. The zero-order valence-electron chi connectivity index (χ0n) is 17.1. The first-order valence-electron chi connectivity index (χ1n) is 10.1. The number of methoxy groups -OCH3 is 1. The summed E-state index contributed by atoms with van der Waals surface area (Å²) in [5, 5.41) is 15.0. The Morgan fingerprint density at radius 1 is 1.29 bits per heavy atom. The number of ether oxygens (including phenoxy) is 1. The lowest BCUT2D eigenvalue weighted by atomic mass is 9.89. The molecule has 1 fully saturated rings. The van der Waals surface area contributed by atoms with Crippen molar-refractivity contribution in [3.8, 4) is 5.75 Å². The lowest BCUT2D eigenvalue weighted by Crippen LogP contribution is -2.38. The number of fused-ring (bicyclic) bond motifs is 1. The Kier molecular flexibility index (Phi) is 6.11. The summed E-state index contributed by atoms with van der Waals surface area (Å²) in [6.07, 6.45) is 3.97. The van der Waals surface area contributed by atoms with Gasteiger partial charge in [0.05, 0.1) is 18.6 Å². The van der Waals surface area contributed by atoms with Crippen LogP contribution in [0.15, 0.2) is 42.6 Å². The Labute approximate surface area is 184 Å². The fourth-order valence-electron chi connectivity index (χ4n) is 4.12. The largest absolute Gasteiger partial charge is 0.497 e. The fraction of sp³-hybridized carbons (Fsp3) is 0.318. The molecule has 0 aliphatic carbocycles. The van der Waals surface area contributed by atoms with Gasteiger partial charge in [-0.3, -0.25) is 19.8 Å². The number of nitro groups is 1. The zero-order valence-corrected chi connectivity index (χ0v) is 17.8. The molecule has 0 bridgehead atoms. The number of aromatic amines is 1. The number of hydrogen-bond donors (Lipinski definition) is 2. The maximum Gasteiger partial charge on any atom is 0.289 e. The van der Waals surface area contributed by atoms with E-state index < -0.39 is 4.92 Å². The normalized spacial score (nSPS) is 15.2. The van der Waals surface area contributed by atoms with Gasteiger partial charge < -0.3 is 15.0 Å². The number of carbonyl (C=O) groups excluding carboxylic acids is 1. The number of H-pyrrole nitrogens is 1. The molecule has 1 aliphatic heterocycles. The Bertz CT molecular complexity index is 1120. The Balaban J connectivity index is 1.35. The first kappa shape index (κ1) is 21.1. The van der Waals surface area contributed by atoms with Crippen molar-refractivity contribution in [2.45, 2.75) is 18.8 Å². The predicted molar refractivity (Wildman–Crippen MR) is 120 cm³/mol. The number of likely N-dealkylation sites (tertiary alicyclic amines) is 1. The SMILES string of the molecule is COc1ccc2[nH]cc(C3CCN(CC(=O)Nc4ccc(Cl)c([N+](=O)[O-])c4)CC3)c2c1. The van der Waals surface area contributed by atoms with Crippen molar-refractivity contribution in [2.24, 2.45) is 0 Å². The Morgan fingerprint density at radius 2 is 2.06 bits per heavy atom. The van der Waals surface area contributed by atoms with Gasteiger partial charge >= 0.3 is 0 Å². The van der Waals surface area contributed by atoms with Crippen molar-refractivity contribution in [2.75, 3.05) is 32.1 Å². The molecule has 0 radical (unpaired) electrons. The maximum atomic E-state index is 12.4. The second-order valence-electron chi connectivity index (χ2n) is 7.68. The van der Waals surface area contributed by atoms with E-state index in [1.165, 1.54) is 23.1 Å². The van der Waals surface area contributed by atoms with Gasteiger partial charge in [0, 0.05) is 28.9 Å². The predicted octanol–water partition coefficient (Wildman–Crippen LogP) is 4.56. The highest BCUT2D eigenvalue weighted by Gasteiger charge is 2.24. The van der Waals surface area contributed by atoms with Crippen molar-refractivity contribution in [1.82, 2.24) is 9.88 Å². The zero-order chi connectivity index (χ0) is 22.0. The van der Waals surface area contributed by atoms with Gasteiger partial charge in [0.1, 0.15) is 10.8 Å². The van der Waals surface area contributed by atoms with Crippen LogP contribution in [0.1, 0.15) is 24.3 Å². The molecule has 2 heterocycles. The highest BCUT2D eigenvalue weighted by Crippen LogP contribution is 2.34. The topological polar surface area (TPSA) is 100 Å². The van der Waals surface area contributed by atoms with Gasteiger partial charge in [-0.2, -0.15) is 0 Å². The molecule has 0 atom stereocenters. The monoisotopic (exact) mass is 442 g/mol. The molecule has 3 aromatic rings. The van der Waals surface area contributed by atoms with Crippen LogP contribution in [0.2, 0.25) is 5.02 Å². The molecule has 1 saturated heterocycles. The first-order valence-corrected chi connectivity index (χ1v) is 10.4. The average molecular weight is 443 g/mol. The van der Waals surface area contributed by atoms with Crippen LogP contribution >= 0.6 is 11.6 Å². The summed E-state index contributed by atoms with van der Waals surface area (Å²) in [6.45, 7) is 1.84. The third-order valence-electron chi connectivity index (χ3n) is 5.74. The van der Waals surface area contributed by atoms with Crippen LogP contribution in [0.25, 0.3) is 10.9 Å². The number of carbonyl (C=O) groups is 1. The molecule has 31 heavy (non-hydrogen) atoms. The smallest absolute Gasteiger partial charge is 0.289 e. The number of amides is 1. The van der Waals surface area contributed by atoms with Gasteiger partial charge in [0.2, 0.25) is 5.91 Å². The van der Waals surface area contributed by atoms with Crippen LogP contribution in [-0.2, 0) is 4.79 Å². The highest BCUT2D eigenvalue weighted by atomic mass is 35.5. The third kappa shape index (κ3) is 4.65. The van der Waals surface area contributed by atoms with E-state index in [0.717, 1.165) is 37.2 Å².